The summed E-state index contributed by atoms with van der Waals surface area (Å²) in [7, 11) is 4.55. The summed E-state index contributed by atoms with van der Waals surface area (Å²) in [6.45, 7) is 2.01. The molecular formula is C19H19NO4S. The van der Waals surface area contributed by atoms with Gasteiger partial charge in [0.05, 0.1) is 31.9 Å². The quantitative estimate of drug-likeness (QED) is 0.698. The number of anilines is 1. The fraction of sp³-hybridized carbons (Fsp3) is 0.211. The van der Waals surface area contributed by atoms with Crippen LogP contribution in [0.25, 0.3) is 10.1 Å². The minimum Gasteiger partial charge on any atom is -0.493 e. The summed E-state index contributed by atoms with van der Waals surface area (Å²) in [5.74, 6) is 1.14. The highest BCUT2D eigenvalue weighted by Crippen LogP contribution is 2.41. The molecule has 25 heavy (non-hydrogen) atoms. The van der Waals surface area contributed by atoms with Crippen molar-refractivity contribution in [2.24, 2.45) is 0 Å². The smallest absolute Gasteiger partial charge is 0.205 e. The van der Waals surface area contributed by atoms with Gasteiger partial charge in [-0.1, -0.05) is 12.1 Å². The highest BCUT2D eigenvalue weighted by atomic mass is 32.1. The lowest BCUT2D eigenvalue weighted by Gasteiger charge is -2.13. The third kappa shape index (κ3) is 2.89. The number of ketones is 1. The van der Waals surface area contributed by atoms with Crippen LogP contribution >= 0.6 is 11.3 Å². The first-order valence-corrected chi connectivity index (χ1v) is 8.45. The summed E-state index contributed by atoms with van der Waals surface area (Å²) in [6, 6.07) is 9.24. The Morgan fingerprint density at radius 1 is 1.00 bits per heavy atom. The number of fused-ring (bicyclic) bond motifs is 1. The first kappa shape index (κ1) is 17.1. The molecule has 1 aromatic heterocycles. The lowest BCUT2D eigenvalue weighted by Crippen LogP contribution is -2.04. The molecule has 0 aliphatic rings. The summed E-state index contributed by atoms with van der Waals surface area (Å²) in [6.07, 6.45) is 0. The van der Waals surface area contributed by atoms with E-state index in [1.807, 2.05) is 25.1 Å². The Labute approximate surface area is 149 Å². The number of carbonyl (C=O) groups is 1. The van der Waals surface area contributed by atoms with Gasteiger partial charge in [0, 0.05) is 15.6 Å². The summed E-state index contributed by atoms with van der Waals surface area (Å²) in [4.78, 5) is 13.5. The third-order valence-corrected chi connectivity index (χ3v) is 5.18. The van der Waals surface area contributed by atoms with Crippen LogP contribution in [0.2, 0.25) is 0 Å². The molecule has 0 aliphatic carbocycles. The van der Waals surface area contributed by atoms with Crippen molar-refractivity contribution in [3.8, 4) is 17.2 Å². The zero-order valence-electron chi connectivity index (χ0n) is 14.5. The van der Waals surface area contributed by atoms with Crippen LogP contribution in [0, 0.1) is 6.92 Å². The second-order valence-electron chi connectivity index (χ2n) is 5.59. The van der Waals surface area contributed by atoms with E-state index < -0.39 is 0 Å². The first-order valence-electron chi connectivity index (χ1n) is 7.63. The van der Waals surface area contributed by atoms with Crippen molar-refractivity contribution in [2.75, 3.05) is 27.1 Å². The zero-order chi connectivity index (χ0) is 18.1. The van der Waals surface area contributed by atoms with E-state index in [1.165, 1.54) is 32.7 Å². The molecule has 0 amide bonds. The molecule has 2 aromatic carbocycles. The molecule has 0 saturated heterocycles. The monoisotopic (exact) mass is 357 g/mol. The maximum atomic E-state index is 13.0. The molecule has 0 radical (unpaired) electrons. The molecule has 0 fully saturated rings. The van der Waals surface area contributed by atoms with Crippen LogP contribution in [0.4, 0.5) is 5.69 Å². The normalized spacial score (nSPS) is 10.7. The number of aryl methyl sites for hydroxylation is 1. The number of benzene rings is 2. The molecule has 0 unspecified atom stereocenters. The van der Waals surface area contributed by atoms with Crippen molar-refractivity contribution in [3.05, 3.63) is 46.3 Å². The van der Waals surface area contributed by atoms with Crippen LogP contribution in [0.3, 0.4) is 0 Å². The van der Waals surface area contributed by atoms with E-state index in [0.717, 1.165) is 15.6 Å². The van der Waals surface area contributed by atoms with E-state index >= 15 is 0 Å². The van der Waals surface area contributed by atoms with Gasteiger partial charge in [0.15, 0.2) is 11.5 Å². The van der Waals surface area contributed by atoms with Crippen molar-refractivity contribution in [1.29, 1.82) is 0 Å². The van der Waals surface area contributed by atoms with Gasteiger partial charge in [-0.2, -0.15) is 0 Å². The molecule has 5 nitrogen and oxygen atoms in total. The largest absolute Gasteiger partial charge is 0.493 e. The van der Waals surface area contributed by atoms with E-state index in [2.05, 4.69) is 0 Å². The molecule has 3 aromatic rings. The molecule has 1 heterocycles. The van der Waals surface area contributed by atoms with Crippen LogP contribution in [0.1, 0.15) is 20.8 Å². The Balaban J connectivity index is 2.14. The van der Waals surface area contributed by atoms with Gasteiger partial charge >= 0.3 is 0 Å². The summed E-state index contributed by atoms with van der Waals surface area (Å²) in [5.41, 5.74) is 8.29. The van der Waals surface area contributed by atoms with Gasteiger partial charge in [-0.25, -0.2) is 0 Å². The van der Waals surface area contributed by atoms with Crippen molar-refractivity contribution in [1.82, 2.24) is 0 Å². The summed E-state index contributed by atoms with van der Waals surface area (Å²) < 4.78 is 16.9. The Bertz CT molecular complexity index is 936. The van der Waals surface area contributed by atoms with Gasteiger partial charge in [-0.15, -0.1) is 11.3 Å². The maximum absolute atomic E-state index is 13.0. The molecule has 3 rings (SSSR count). The maximum Gasteiger partial charge on any atom is 0.205 e. The Hall–Kier alpha value is -2.73. The molecule has 2 N–H and O–H groups in total. The summed E-state index contributed by atoms with van der Waals surface area (Å²) in [5, 5.41) is 0.895. The van der Waals surface area contributed by atoms with Gasteiger partial charge in [-0.05, 0) is 30.7 Å². The highest BCUT2D eigenvalue weighted by molar-refractivity contribution is 7.21. The van der Waals surface area contributed by atoms with Crippen LogP contribution in [0.5, 0.6) is 17.2 Å². The number of thiophene rings is 1. The van der Waals surface area contributed by atoms with Crippen LogP contribution in [-0.2, 0) is 0 Å². The second kappa shape index (κ2) is 6.64. The molecular weight excluding hydrogens is 338 g/mol. The van der Waals surface area contributed by atoms with Gasteiger partial charge in [0.2, 0.25) is 11.5 Å². The van der Waals surface area contributed by atoms with Crippen LogP contribution in [-0.4, -0.2) is 27.1 Å². The second-order valence-corrected chi connectivity index (χ2v) is 6.64. The Morgan fingerprint density at radius 3 is 2.20 bits per heavy atom. The van der Waals surface area contributed by atoms with Crippen molar-refractivity contribution in [2.45, 2.75) is 6.92 Å². The number of ether oxygens (including phenoxy) is 3. The molecule has 0 atom stereocenters. The predicted molar refractivity (Wildman–Crippen MR) is 101 cm³/mol. The number of carbonyl (C=O) groups excluding carboxylic acids is 1. The highest BCUT2D eigenvalue weighted by Gasteiger charge is 2.22. The third-order valence-electron chi connectivity index (χ3n) is 4.02. The van der Waals surface area contributed by atoms with E-state index in [1.54, 1.807) is 12.1 Å². The van der Waals surface area contributed by atoms with Gasteiger partial charge in [0.1, 0.15) is 0 Å². The van der Waals surface area contributed by atoms with Crippen molar-refractivity contribution >= 4 is 32.9 Å². The topological polar surface area (TPSA) is 70.8 Å². The number of hydrogen-bond donors (Lipinski definition) is 1. The lowest BCUT2D eigenvalue weighted by molar-refractivity contribution is 0.104. The standard InChI is InChI=1S/C19H19NO4S/c1-10-5-6-12-15(7-10)25-19(16(12)20)17(21)11-8-13(22-2)18(24-4)14(9-11)23-3/h5-9H,20H2,1-4H3. The summed E-state index contributed by atoms with van der Waals surface area (Å²) >= 11 is 1.39. The van der Waals surface area contributed by atoms with Crippen molar-refractivity contribution < 1.29 is 19.0 Å². The number of methoxy groups -OCH3 is 3. The first-order chi connectivity index (χ1) is 12.0. The minimum absolute atomic E-state index is 0.171. The van der Waals surface area contributed by atoms with E-state index in [9.17, 15) is 4.79 Å². The van der Waals surface area contributed by atoms with E-state index in [-0.39, 0.29) is 5.78 Å². The molecule has 130 valence electrons. The van der Waals surface area contributed by atoms with Crippen molar-refractivity contribution in [3.63, 3.8) is 0 Å². The van der Waals surface area contributed by atoms with Gasteiger partial charge in [0.25, 0.3) is 0 Å². The number of hydrogen-bond acceptors (Lipinski definition) is 6. The molecule has 0 saturated carbocycles. The van der Waals surface area contributed by atoms with Crippen LogP contribution in [0.15, 0.2) is 30.3 Å². The molecule has 6 heteroatoms. The Morgan fingerprint density at radius 2 is 1.64 bits per heavy atom. The average molecular weight is 357 g/mol. The molecule has 0 bridgehead atoms. The average Bonchev–Trinajstić information content (AvgIpc) is 2.95. The zero-order valence-corrected chi connectivity index (χ0v) is 15.3. The fourth-order valence-corrected chi connectivity index (χ4v) is 3.92. The predicted octanol–water partition coefficient (Wildman–Crippen LogP) is 4.05. The van der Waals surface area contributed by atoms with Gasteiger partial charge in [-0.3, -0.25) is 4.79 Å². The molecule has 0 spiro atoms. The van der Waals surface area contributed by atoms with Crippen LogP contribution < -0.4 is 19.9 Å². The van der Waals surface area contributed by atoms with Gasteiger partial charge < -0.3 is 19.9 Å². The van der Waals surface area contributed by atoms with E-state index in [0.29, 0.717) is 33.4 Å². The SMILES string of the molecule is COc1cc(C(=O)c2sc3cc(C)ccc3c2N)cc(OC)c1OC. The van der Waals surface area contributed by atoms with E-state index in [4.69, 9.17) is 19.9 Å². The Kier molecular flexibility index (Phi) is 4.55. The molecule has 0 aliphatic heterocycles. The number of nitrogen functional groups attached to an aromatic ring is 1. The number of rotatable bonds is 5. The lowest BCUT2D eigenvalue weighted by atomic mass is 10.1. The minimum atomic E-state index is -0.171. The fourth-order valence-electron chi connectivity index (χ4n) is 2.74. The number of nitrogens with two attached hydrogens (primary N) is 1.